The van der Waals surface area contributed by atoms with Crippen molar-refractivity contribution in [3.8, 4) is 11.3 Å². The van der Waals surface area contributed by atoms with Gasteiger partial charge in [-0.25, -0.2) is 4.79 Å². The zero-order chi connectivity index (χ0) is 13.9. The van der Waals surface area contributed by atoms with Crippen molar-refractivity contribution in [2.24, 2.45) is 0 Å². The van der Waals surface area contributed by atoms with E-state index in [9.17, 15) is 4.79 Å². The lowest BCUT2D eigenvalue weighted by Crippen LogP contribution is -2.23. The maximum atomic E-state index is 11.7. The van der Waals surface area contributed by atoms with Gasteiger partial charge in [0.25, 0.3) is 0 Å². The van der Waals surface area contributed by atoms with Crippen molar-refractivity contribution >= 4 is 5.97 Å². The molecule has 6 nitrogen and oxygen atoms in total. The quantitative estimate of drug-likeness (QED) is 0.805. The fourth-order valence-electron chi connectivity index (χ4n) is 2.42. The summed E-state index contributed by atoms with van der Waals surface area (Å²) in [6, 6.07) is 3.70. The molecule has 106 valence electrons. The van der Waals surface area contributed by atoms with Crippen molar-refractivity contribution in [1.29, 1.82) is 0 Å². The minimum absolute atomic E-state index is 0.132. The van der Waals surface area contributed by atoms with Gasteiger partial charge in [-0.15, -0.1) is 0 Å². The van der Waals surface area contributed by atoms with Gasteiger partial charge in [-0.1, -0.05) is 0 Å². The third-order valence-electron chi connectivity index (χ3n) is 3.43. The van der Waals surface area contributed by atoms with Crippen molar-refractivity contribution < 1.29 is 18.7 Å². The molecule has 3 heterocycles. The third kappa shape index (κ3) is 2.34. The molecule has 0 aromatic carbocycles. The standard InChI is InChI=1S/C14H16N2O4/c1-18-14(17)12-7-13(10-4-6-20-8-10)16(15-12)11-3-2-5-19-9-11/h4,6-8,11H,2-3,5,9H2,1H3. The normalized spacial score (nSPS) is 18.9. The second kappa shape index (κ2) is 5.50. The first-order valence-electron chi connectivity index (χ1n) is 6.58. The summed E-state index contributed by atoms with van der Waals surface area (Å²) >= 11 is 0. The molecule has 2 aromatic rings. The Morgan fingerprint density at radius 1 is 1.55 bits per heavy atom. The minimum Gasteiger partial charge on any atom is -0.472 e. The Labute approximate surface area is 116 Å². The Hall–Kier alpha value is -2.08. The maximum Gasteiger partial charge on any atom is 0.358 e. The van der Waals surface area contributed by atoms with Crippen molar-refractivity contribution in [3.63, 3.8) is 0 Å². The molecule has 1 aliphatic rings. The predicted molar refractivity (Wildman–Crippen MR) is 70.4 cm³/mol. The van der Waals surface area contributed by atoms with Crippen LogP contribution in [-0.2, 0) is 9.47 Å². The number of furan rings is 1. The van der Waals surface area contributed by atoms with E-state index in [0.717, 1.165) is 30.7 Å². The van der Waals surface area contributed by atoms with Gasteiger partial charge < -0.3 is 13.9 Å². The van der Waals surface area contributed by atoms with E-state index in [2.05, 4.69) is 5.10 Å². The first-order chi connectivity index (χ1) is 9.79. The number of aromatic nitrogens is 2. The van der Waals surface area contributed by atoms with Crippen LogP contribution in [0.4, 0.5) is 0 Å². The van der Waals surface area contributed by atoms with E-state index in [-0.39, 0.29) is 6.04 Å². The highest BCUT2D eigenvalue weighted by Crippen LogP contribution is 2.28. The van der Waals surface area contributed by atoms with Crippen molar-refractivity contribution in [2.45, 2.75) is 18.9 Å². The summed E-state index contributed by atoms with van der Waals surface area (Å²) in [6.45, 7) is 1.38. The summed E-state index contributed by atoms with van der Waals surface area (Å²) in [4.78, 5) is 11.7. The Bertz CT molecular complexity index is 582. The molecule has 6 heteroatoms. The van der Waals surface area contributed by atoms with Crippen LogP contribution in [0.1, 0.15) is 29.4 Å². The van der Waals surface area contributed by atoms with Crippen LogP contribution in [0, 0.1) is 0 Å². The summed E-state index contributed by atoms with van der Waals surface area (Å²) < 4.78 is 17.2. The van der Waals surface area contributed by atoms with Gasteiger partial charge in [0, 0.05) is 12.2 Å². The smallest absolute Gasteiger partial charge is 0.358 e. The average Bonchev–Trinajstić information content (AvgIpc) is 3.16. The van der Waals surface area contributed by atoms with Crippen LogP contribution >= 0.6 is 0 Å². The zero-order valence-corrected chi connectivity index (χ0v) is 11.2. The lowest BCUT2D eigenvalue weighted by Gasteiger charge is -2.23. The molecule has 20 heavy (non-hydrogen) atoms. The summed E-state index contributed by atoms with van der Waals surface area (Å²) in [5.74, 6) is -0.440. The van der Waals surface area contributed by atoms with Crippen LogP contribution in [0.15, 0.2) is 29.1 Å². The molecule has 1 unspecified atom stereocenters. The molecular formula is C14H16N2O4. The molecular weight excluding hydrogens is 260 g/mol. The molecule has 1 fully saturated rings. The summed E-state index contributed by atoms with van der Waals surface area (Å²) in [5.41, 5.74) is 2.03. The van der Waals surface area contributed by atoms with Gasteiger partial charge in [0.15, 0.2) is 5.69 Å². The van der Waals surface area contributed by atoms with Crippen LogP contribution in [0.3, 0.4) is 0 Å². The van der Waals surface area contributed by atoms with Gasteiger partial charge in [0.1, 0.15) is 0 Å². The van der Waals surface area contributed by atoms with E-state index < -0.39 is 5.97 Å². The van der Waals surface area contributed by atoms with E-state index in [1.165, 1.54) is 7.11 Å². The summed E-state index contributed by atoms with van der Waals surface area (Å²) in [7, 11) is 1.35. The highest BCUT2D eigenvalue weighted by atomic mass is 16.5. The van der Waals surface area contributed by atoms with E-state index in [1.807, 2.05) is 10.7 Å². The number of carbonyl (C=O) groups is 1. The van der Waals surface area contributed by atoms with Crippen molar-refractivity contribution in [2.75, 3.05) is 20.3 Å². The number of esters is 1. The van der Waals surface area contributed by atoms with E-state index in [0.29, 0.717) is 12.3 Å². The van der Waals surface area contributed by atoms with E-state index in [4.69, 9.17) is 13.9 Å². The van der Waals surface area contributed by atoms with Gasteiger partial charge >= 0.3 is 5.97 Å². The number of methoxy groups -OCH3 is 1. The lowest BCUT2D eigenvalue weighted by molar-refractivity contribution is 0.0532. The molecule has 3 rings (SSSR count). The van der Waals surface area contributed by atoms with Crippen LogP contribution in [-0.4, -0.2) is 36.1 Å². The Morgan fingerprint density at radius 2 is 2.45 bits per heavy atom. The molecule has 1 atom stereocenters. The molecule has 1 saturated heterocycles. The number of rotatable bonds is 3. The Balaban J connectivity index is 2.01. The number of hydrogen-bond acceptors (Lipinski definition) is 5. The molecule has 0 aliphatic carbocycles. The Kier molecular flexibility index (Phi) is 3.56. The third-order valence-corrected chi connectivity index (χ3v) is 3.43. The summed E-state index contributed by atoms with van der Waals surface area (Å²) in [6.07, 6.45) is 5.20. The van der Waals surface area contributed by atoms with Gasteiger partial charge in [-0.2, -0.15) is 5.10 Å². The molecule has 0 bridgehead atoms. The average molecular weight is 276 g/mol. The largest absolute Gasteiger partial charge is 0.472 e. The van der Waals surface area contributed by atoms with Crippen molar-refractivity contribution in [1.82, 2.24) is 9.78 Å². The number of carbonyl (C=O) groups excluding carboxylic acids is 1. The topological polar surface area (TPSA) is 66.5 Å². The van der Waals surface area contributed by atoms with Crippen molar-refractivity contribution in [3.05, 3.63) is 30.4 Å². The van der Waals surface area contributed by atoms with Gasteiger partial charge in [0.2, 0.25) is 0 Å². The molecule has 2 aromatic heterocycles. The number of hydrogen-bond donors (Lipinski definition) is 0. The maximum absolute atomic E-state index is 11.7. The first-order valence-corrected chi connectivity index (χ1v) is 6.58. The second-order valence-corrected chi connectivity index (χ2v) is 4.73. The van der Waals surface area contributed by atoms with Gasteiger partial charge in [-0.05, 0) is 25.0 Å². The van der Waals surface area contributed by atoms with Crippen LogP contribution < -0.4 is 0 Å². The van der Waals surface area contributed by atoms with Crippen LogP contribution in [0.5, 0.6) is 0 Å². The molecule has 0 amide bonds. The Morgan fingerprint density at radius 3 is 3.10 bits per heavy atom. The van der Waals surface area contributed by atoms with Crippen LogP contribution in [0.25, 0.3) is 11.3 Å². The van der Waals surface area contributed by atoms with E-state index >= 15 is 0 Å². The number of ether oxygens (including phenoxy) is 2. The van der Waals surface area contributed by atoms with Gasteiger partial charge in [0.05, 0.1) is 38.0 Å². The minimum atomic E-state index is -0.440. The molecule has 0 saturated carbocycles. The molecule has 0 N–H and O–H groups in total. The number of nitrogens with zero attached hydrogens (tertiary/aromatic N) is 2. The highest BCUT2D eigenvalue weighted by molar-refractivity contribution is 5.88. The summed E-state index contributed by atoms with van der Waals surface area (Å²) in [5, 5.41) is 4.38. The fourth-order valence-corrected chi connectivity index (χ4v) is 2.42. The van der Waals surface area contributed by atoms with Crippen LogP contribution in [0.2, 0.25) is 0 Å². The molecule has 1 aliphatic heterocycles. The molecule has 0 radical (unpaired) electrons. The zero-order valence-electron chi connectivity index (χ0n) is 11.2. The lowest BCUT2D eigenvalue weighted by atomic mass is 10.1. The highest BCUT2D eigenvalue weighted by Gasteiger charge is 2.23. The van der Waals surface area contributed by atoms with Gasteiger partial charge in [-0.3, -0.25) is 4.68 Å². The SMILES string of the molecule is COC(=O)c1cc(-c2ccoc2)n(C2CCCOC2)n1. The monoisotopic (exact) mass is 276 g/mol. The van der Waals surface area contributed by atoms with E-state index in [1.54, 1.807) is 18.6 Å². The molecule has 0 spiro atoms. The predicted octanol–water partition coefficient (Wildman–Crippen LogP) is 2.28. The second-order valence-electron chi connectivity index (χ2n) is 4.73. The fraction of sp³-hybridized carbons (Fsp3) is 0.429. The first kappa shape index (κ1) is 12.9.